The van der Waals surface area contributed by atoms with Crippen LogP contribution in [0.1, 0.15) is 62.8 Å². The van der Waals surface area contributed by atoms with E-state index in [0.717, 1.165) is 32.1 Å². The molecule has 1 fully saturated rings. The molecular formula is C21H29F2N5O2. The third-order valence-corrected chi connectivity index (χ3v) is 5.74. The number of alkyl halides is 2. The molecule has 0 radical (unpaired) electrons. The first-order valence-electron chi connectivity index (χ1n) is 10.6. The summed E-state index contributed by atoms with van der Waals surface area (Å²) in [7, 11) is 0. The first-order chi connectivity index (χ1) is 14.5. The van der Waals surface area contributed by atoms with Gasteiger partial charge >= 0.3 is 0 Å². The maximum absolute atomic E-state index is 14.5. The van der Waals surface area contributed by atoms with Gasteiger partial charge in [0.15, 0.2) is 5.82 Å². The number of tetrazole rings is 1. The van der Waals surface area contributed by atoms with Gasteiger partial charge in [-0.25, -0.2) is 0 Å². The molecule has 1 aliphatic heterocycles. The molecule has 1 aliphatic rings. The number of hydrogen-bond acceptors (Lipinski definition) is 5. The van der Waals surface area contributed by atoms with Crippen LogP contribution in [-0.2, 0) is 17.1 Å². The number of H-pyrrole nitrogens is 1. The average Bonchev–Trinajstić information content (AvgIpc) is 3.39. The van der Waals surface area contributed by atoms with Gasteiger partial charge in [0.2, 0.25) is 5.91 Å². The van der Waals surface area contributed by atoms with E-state index in [-0.39, 0.29) is 23.9 Å². The van der Waals surface area contributed by atoms with Gasteiger partial charge in [0.05, 0.1) is 0 Å². The summed E-state index contributed by atoms with van der Waals surface area (Å²) in [5.41, 5.74) is -0.183. The number of nitrogens with zero attached hydrogens (tertiary/aromatic N) is 4. The second-order valence-corrected chi connectivity index (χ2v) is 7.85. The van der Waals surface area contributed by atoms with E-state index in [2.05, 4.69) is 20.6 Å². The van der Waals surface area contributed by atoms with Gasteiger partial charge in [-0.2, -0.15) is 14.0 Å². The van der Waals surface area contributed by atoms with Crippen LogP contribution in [0.15, 0.2) is 30.3 Å². The Bertz CT molecular complexity index is 773. The molecule has 0 unspecified atom stereocenters. The SMILES string of the molecule is O=C1CC[C@H](CC[C@@H](O)C(F)(F)c2ccccc2)N1CCCCCCc1nn[nH]n1. The van der Waals surface area contributed by atoms with Crippen LogP contribution in [0.4, 0.5) is 8.78 Å². The molecule has 1 amide bonds. The number of aromatic amines is 1. The van der Waals surface area contributed by atoms with E-state index in [0.29, 0.717) is 31.6 Å². The molecule has 2 heterocycles. The molecule has 2 N–H and O–H groups in total. The number of carbonyl (C=O) groups is 1. The molecular weight excluding hydrogens is 392 g/mol. The lowest BCUT2D eigenvalue weighted by Crippen LogP contribution is -2.36. The predicted octanol–water partition coefficient (Wildman–Crippen LogP) is 3.23. The topological polar surface area (TPSA) is 95.0 Å². The van der Waals surface area contributed by atoms with Crippen molar-refractivity contribution in [1.82, 2.24) is 25.5 Å². The smallest absolute Gasteiger partial charge is 0.298 e. The molecule has 30 heavy (non-hydrogen) atoms. The summed E-state index contributed by atoms with van der Waals surface area (Å²) >= 11 is 0. The molecule has 0 spiro atoms. The lowest BCUT2D eigenvalue weighted by atomic mass is 9.97. The molecule has 164 valence electrons. The van der Waals surface area contributed by atoms with Crippen molar-refractivity contribution in [3.05, 3.63) is 41.7 Å². The summed E-state index contributed by atoms with van der Waals surface area (Å²) in [6.07, 6.45) is 4.28. The number of aromatic nitrogens is 4. The van der Waals surface area contributed by atoms with Crippen molar-refractivity contribution in [2.75, 3.05) is 6.54 Å². The summed E-state index contributed by atoms with van der Waals surface area (Å²) < 4.78 is 28.9. The Morgan fingerprint density at radius 1 is 1.20 bits per heavy atom. The Morgan fingerprint density at radius 3 is 2.70 bits per heavy atom. The van der Waals surface area contributed by atoms with Crippen LogP contribution in [0.5, 0.6) is 0 Å². The van der Waals surface area contributed by atoms with Crippen molar-refractivity contribution in [2.45, 2.75) is 75.9 Å². The van der Waals surface area contributed by atoms with Crippen molar-refractivity contribution in [1.29, 1.82) is 0 Å². The number of aryl methyl sites for hydroxylation is 1. The van der Waals surface area contributed by atoms with Gasteiger partial charge < -0.3 is 10.0 Å². The number of amides is 1. The molecule has 7 nitrogen and oxygen atoms in total. The fourth-order valence-electron chi connectivity index (χ4n) is 3.99. The molecule has 0 bridgehead atoms. The molecule has 2 atom stereocenters. The van der Waals surface area contributed by atoms with E-state index in [4.69, 9.17) is 0 Å². The second-order valence-electron chi connectivity index (χ2n) is 7.85. The van der Waals surface area contributed by atoms with Gasteiger partial charge in [-0.1, -0.05) is 48.4 Å². The maximum atomic E-state index is 14.5. The van der Waals surface area contributed by atoms with Crippen molar-refractivity contribution < 1.29 is 18.7 Å². The Kier molecular flexibility index (Phi) is 7.84. The minimum Gasteiger partial charge on any atom is -0.386 e. The minimum atomic E-state index is -3.30. The number of likely N-dealkylation sites (tertiary alicyclic amines) is 1. The van der Waals surface area contributed by atoms with Crippen molar-refractivity contribution in [2.24, 2.45) is 0 Å². The van der Waals surface area contributed by atoms with E-state index in [1.165, 1.54) is 24.3 Å². The number of aliphatic hydroxyl groups excluding tert-OH is 1. The third-order valence-electron chi connectivity index (χ3n) is 5.74. The zero-order valence-electron chi connectivity index (χ0n) is 17.0. The van der Waals surface area contributed by atoms with Crippen LogP contribution < -0.4 is 0 Å². The molecule has 0 aliphatic carbocycles. The number of nitrogens with one attached hydrogen (secondary N) is 1. The van der Waals surface area contributed by atoms with Gasteiger partial charge in [0.25, 0.3) is 5.92 Å². The van der Waals surface area contributed by atoms with E-state index in [1.54, 1.807) is 6.07 Å². The predicted molar refractivity (Wildman–Crippen MR) is 107 cm³/mol. The van der Waals surface area contributed by atoms with Crippen molar-refractivity contribution >= 4 is 5.91 Å². The lowest BCUT2D eigenvalue weighted by molar-refractivity contribution is -0.130. The van der Waals surface area contributed by atoms with Gasteiger partial charge in [-0.3, -0.25) is 4.79 Å². The van der Waals surface area contributed by atoms with Crippen LogP contribution in [0.25, 0.3) is 0 Å². The molecule has 3 rings (SSSR count). The average molecular weight is 421 g/mol. The zero-order valence-corrected chi connectivity index (χ0v) is 17.0. The summed E-state index contributed by atoms with van der Waals surface area (Å²) in [6, 6.07) is 7.32. The zero-order chi connectivity index (χ0) is 21.4. The first-order valence-corrected chi connectivity index (χ1v) is 10.6. The number of benzene rings is 1. The minimum absolute atomic E-state index is 0.0406. The largest absolute Gasteiger partial charge is 0.386 e. The lowest BCUT2D eigenvalue weighted by Gasteiger charge is -2.28. The van der Waals surface area contributed by atoms with E-state index >= 15 is 0 Å². The van der Waals surface area contributed by atoms with E-state index in [9.17, 15) is 18.7 Å². The fraction of sp³-hybridized carbons (Fsp3) is 0.619. The Labute approximate surface area is 174 Å². The highest BCUT2D eigenvalue weighted by molar-refractivity contribution is 5.78. The highest BCUT2D eigenvalue weighted by Gasteiger charge is 2.41. The first kappa shape index (κ1) is 22.3. The number of aliphatic hydroxyl groups is 1. The number of unbranched alkanes of at least 4 members (excludes halogenated alkanes) is 3. The standard InChI is InChI=1S/C21H29F2N5O2/c22-21(23,16-8-4-3-5-9-16)18(29)13-11-17-12-14-20(30)28(17)15-7-2-1-6-10-19-24-26-27-25-19/h3-5,8-9,17-18,29H,1-2,6-7,10-15H2,(H,24,25,26,27)/t17-,18+/m0/s1. The van der Waals surface area contributed by atoms with Crippen LogP contribution in [0.3, 0.4) is 0 Å². The molecule has 1 aromatic heterocycles. The summed E-state index contributed by atoms with van der Waals surface area (Å²) in [5, 5.41) is 23.9. The highest BCUT2D eigenvalue weighted by atomic mass is 19.3. The third kappa shape index (κ3) is 5.81. The second kappa shape index (κ2) is 10.6. The Balaban J connectivity index is 1.39. The quantitative estimate of drug-likeness (QED) is 0.513. The highest BCUT2D eigenvalue weighted by Crippen LogP contribution is 2.35. The van der Waals surface area contributed by atoms with Gasteiger partial charge in [0.1, 0.15) is 6.10 Å². The normalized spacial score (nSPS) is 18.2. The molecule has 2 aromatic rings. The maximum Gasteiger partial charge on any atom is 0.298 e. The van der Waals surface area contributed by atoms with Crippen molar-refractivity contribution in [3.8, 4) is 0 Å². The van der Waals surface area contributed by atoms with Crippen LogP contribution in [0, 0.1) is 0 Å². The van der Waals surface area contributed by atoms with Gasteiger partial charge in [-0.15, -0.1) is 10.2 Å². The summed E-state index contributed by atoms with van der Waals surface area (Å²) in [4.78, 5) is 14.0. The fourth-order valence-corrected chi connectivity index (χ4v) is 3.99. The van der Waals surface area contributed by atoms with Crippen LogP contribution >= 0.6 is 0 Å². The van der Waals surface area contributed by atoms with E-state index in [1.807, 2.05) is 4.90 Å². The summed E-state index contributed by atoms with van der Waals surface area (Å²) in [6.45, 7) is 0.636. The van der Waals surface area contributed by atoms with Gasteiger partial charge in [-0.05, 0) is 32.1 Å². The number of carbonyl (C=O) groups excluding carboxylic acids is 1. The van der Waals surface area contributed by atoms with Gasteiger partial charge in [0, 0.05) is 31.0 Å². The van der Waals surface area contributed by atoms with E-state index < -0.39 is 12.0 Å². The molecule has 0 saturated carbocycles. The monoisotopic (exact) mass is 421 g/mol. The number of halogens is 2. The summed E-state index contributed by atoms with van der Waals surface area (Å²) in [5.74, 6) is -2.51. The Morgan fingerprint density at radius 2 is 1.97 bits per heavy atom. The number of rotatable bonds is 12. The van der Waals surface area contributed by atoms with Crippen LogP contribution in [0.2, 0.25) is 0 Å². The molecule has 1 aromatic carbocycles. The van der Waals surface area contributed by atoms with Crippen LogP contribution in [-0.4, -0.2) is 55.2 Å². The number of hydrogen-bond donors (Lipinski definition) is 2. The Hall–Kier alpha value is -2.42. The van der Waals surface area contributed by atoms with Crippen molar-refractivity contribution in [3.63, 3.8) is 0 Å². The molecule has 1 saturated heterocycles. The molecule has 9 heteroatoms.